The van der Waals surface area contributed by atoms with E-state index in [0.29, 0.717) is 34.0 Å². The first-order chi connectivity index (χ1) is 18.8. The Labute approximate surface area is 228 Å². The van der Waals surface area contributed by atoms with Crippen LogP contribution in [0.15, 0.2) is 71.2 Å². The van der Waals surface area contributed by atoms with Crippen molar-refractivity contribution in [2.24, 2.45) is 0 Å². The molecule has 9 nitrogen and oxygen atoms in total. The lowest BCUT2D eigenvalue weighted by atomic mass is 9.97. The molecule has 0 saturated carbocycles. The standard InChI is InChI=1S/C29H27N7O2S/c1-16(2)38-22-11-10-20(13-31-22)26-25-27(30)32-15-33-28(25)36(34-26)18(4)21-12-23-35(17(3)14-39-23)29(37)24(21)19-8-6-5-7-9-19/h5-16,18H,1-4H3,(H2,30,32,33)/t18-/m0/s1. The largest absolute Gasteiger partial charge is 0.475 e. The highest BCUT2D eigenvalue weighted by atomic mass is 32.1. The van der Waals surface area contributed by atoms with Crippen LogP contribution in [0.5, 0.6) is 5.88 Å². The number of aryl methyl sites for hydroxylation is 1. The van der Waals surface area contributed by atoms with Crippen LogP contribution in [0.4, 0.5) is 5.82 Å². The minimum absolute atomic E-state index is 0.0145. The van der Waals surface area contributed by atoms with Crippen molar-refractivity contribution in [2.45, 2.75) is 39.8 Å². The lowest BCUT2D eigenvalue weighted by Gasteiger charge is -2.18. The van der Waals surface area contributed by atoms with Crippen molar-refractivity contribution in [3.63, 3.8) is 0 Å². The Balaban J connectivity index is 1.57. The molecule has 6 aromatic rings. The summed E-state index contributed by atoms with van der Waals surface area (Å²) in [6.45, 7) is 7.87. The van der Waals surface area contributed by atoms with E-state index in [2.05, 4.69) is 21.0 Å². The molecule has 0 radical (unpaired) electrons. The van der Waals surface area contributed by atoms with E-state index in [-0.39, 0.29) is 17.7 Å². The van der Waals surface area contributed by atoms with Crippen molar-refractivity contribution in [1.29, 1.82) is 0 Å². The zero-order chi connectivity index (χ0) is 27.3. The number of anilines is 1. The number of hydrogen-bond acceptors (Lipinski definition) is 8. The van der Waals surface area contributed by atoms with Crippen LogP contribution in [0.2, 0.25) is 0 Å². The first kappa shape index (κ1) is 24.7. The number of nitrogens with zero attached hydrogens (tertiary/aromatic N) is 6. The summed E-state index contributed by atoms with van der Waals surface area (Å²) in [7, 11) is 0. The van der Waals surface area contributed by atoms with Gasteiger partial charge < -0.3 is 10.5 Å². The quantitative estimate of drug-likeness (QED) is 0.298. The maximum Gasteiger partial charge on any atom is 0.264 e. The lowest BCUT2D eigenvalue weighted by Crippen LogP contribution is -2.21. The highest BCUT2D eigenvalue weighted by Crippen LogP contribution is 2.36. The Bertz CT molecular complexity index is 1870. The van der Waals surface area contributed by atoms with E-state index in [1.807, 2.05) is 80.2 Å². The Morgan fingerprint density at radius 3 is 2.51 bits per heavy atom. The molecule has 2 N–H and O–H groups in total. The van der Waals surface area contributed by atoms with E-state index >= 15 is 0 Å². The molecule has 0 aliphatic rings. The summed E-state index contributed by atoms with van der Waals surface area (Å²) in [4.78, 5) is 28.0. The Morgan fingerprint density at radius 1 is 1.00 bits per heavy atom. The van der Waals surface area contributed by atoms with Gasteiger partial charge >= 0.3 is 0 Å². The normalized spacial score (nSPS) is 12.4. The smallest absolute Gasteiger partial charge is 0.264 e. The third-order valence-electron chi connectivity index (χ3n) is 6.67. The van der Waals surface area contributed by atoms with Crippen LogP contribution in [0.1, 0.15) is 38.1 Å². The minimum atomic E-state index is -0.345. The molecule has 5 heterocycles. The van der Waals surface area contributed by atoms with Gasteiger partial charge in [-0.15, -0.1) is 11.3 Å². The van der Waals surface area contributed by atoms with Crippen LogP contribution in [0.3, 0.4) is 0 Å². The molecule has 0 fully saturated rings. The van der Waals surface area contributed by atoms with Crippen molar-refractivity contribution < 1.29 is 4.74 Å². The third-order valence-corrected chi connectivity index (χ3v) is 7.67. The Morgan fingerprint density at radius 2 is 1.79 bits per heavy atom. The molecule has 0 unspecified atom stereocenters. The minimum Gasteiger partial charge on any atom is -0.475 e. The topological polar surface area (TPSA) is 113 Å². The van der Waals surface area contributed by atoms with Gasteiger partial charge in [0.2, 0.25) is 5.88 Å². The third kappa shape index (κ3) is 4.22. The monoisotopic (exact) mass is 537 g/mol. The summed E-state index contributed by atoms with van der Waals surface area (Å²) in [6.07, 6.45) is 3.16. The fraction of sp³-hybridized carbons (Fsp3) is 0.207. The molecule has 1 aromatic carbocycles. The first-order valence-corrected chi connectivity index (χ1v) is 13.5. The molecular weight excluding hydrogens is 510 g/mol. The van der Waals surface area contributed by atoms with Gasteiger partial charge in [0.1, 0.15) is 22.7 Å². The zero-order valence-corrected chi connectivity index (χ0v) is 22.8. The SMILES string of the molecule is Cc1csc2cc([C@H](C)n3nc(-c4ccc(OC(C)C)nc4)c4c(N)ncnc43)c(-c3ccccc3)c(=O)n12. The molecule has 1 atom stereocenters. The van der Waals surface area contributed by atoms with Crippen LogP contribution in [0, 0.1) is 6.92 Å². The molecule has 196 valence electrons. The Kier molecular flexibility index (Phi) is 6.11. The molecule has 6 rings (SSSR count). The molecule has 0 saturated heterocycles. The van der Waals surface area contributed by atoms with Gasteiger partial charge in [0.15, 0.2) is 5.65 Å². The maximum atomic E-state index is 13.9. The average Bonchev–Trinajstić information content (AvgIpc) is 3.50. The summed E-state index contributed by atoms with van der Waals surface area (Å²) in [5, 5.41) is 7.61. The number of fused-ring (bicyclic) bond motifs is 2. The molecular formula is C29H27N7O2S. The average molecular weight is 538 g/mol. The van der Waals surface area contributed by atoms with Crippen molar-refractivity contribution in [3.05, 3.63) is 88.0 Å². The van der Waals surface area contributed by atoms with Crippen molar-refractivity contribution in [1.82, 2.24) is 29.1 Å². The number of thiazole rings is 1. The highest BCUT2D eigenvalue weighted by Gasteiger charge is 2.25. The molecule has 0 amide bonds. The molecule has 0 bridgehead atoms. The summed E-state index contributed by atoms with van der Waals surface area (Å²) < 4.78 is 9.29. The van der Waals surface area contributed by atoms with E-state index in [4.69, 9.17) is 15.6 Å². The van der Waals surface area contributed by atoms with Crippen LogP contribution in [-0.4, -0.2) is 35.2 Å². The number of nitrogen functional groups attached to an aromatic ring is 1. The van der Waals surface area contributed by atoms with E-state index in [1.54, 1.807) is 10.6 Å². The van der Waals surface area contributed by atoms with Gasteiger partial charge in [-0.1, -0.05) is 30.3 Å². The van der Waals surface area contributed by atoms with E-state index in [9.17, 15) is 4.79 Å². The molecule has 10 heteroatoms. The first-order valence-electron chi connectivity index (χ1n) is 12.6. The van der Waals surface area contributed by atoms with Crippen molar-refractivity contribution in [2.75, 3.05) is 5.73 Å². The number of ether oxygens (including phenoxy) is 1. The van der Waals surface area contributed by atoms with Crippen LogP contribution >= 0.6 is 11.3 Å². The van der Waals surface area contributed by atoms with Crippen LogP contribution < -0.4 is 16.0 Å². The number of hydrogen-bond donors (Lipinski definition) is 1. The predicted molar refractivity (Wildman–Crippen MR) is 154 cm³/mol. The summed E-state index contributed by atoms with van der Waals surface area (Å²) in [5.41, 5.74) is 11.5. The van der Waals surface area contributed by atoms with E-state index in [0.717, 1.165) is 27.2 Å². The molecule has 39 heavy (non-hydrogen) atoms. The molecule has 0 aliphatic carbocycles. The van der Waals surface area contributed by atoms with Crippen molar-refractivity contribution in [3.8, 4) is 28.3 Å². The maximum absolute atomic E-state index is 13.9. The second-order valence-corrected chi connectivity index (χ2v) is 10.6. The van der Waals surface area contributed by atoms with Crippen LogP contribution in [-0.2, 0) is 0 Å². The van der Waals surface area contributed by atoms with Crippen molar-refractivity contribution >= 4 is 33.0 Å². The number of rotatable bonds is 6. The van der Waals surface area contributed by atoms with Gasteiger partial charge in [0.05, 0.1) is 23.1 Å². The molecule has 0 spiro atoms. The number of pyridine rings is 2. The molecule has 5 aromatic heterocycles. The number of nitrogens with two attached hydrogens (primary N) is 1. The van der Waals surface area contributed by atoms with Gasteiger partial charge in [-0.05, 0) is 51.0 Å². The van der Waals surface area contributed by atoms with Gasteiger partial charge in [-0.2, -0.15) is 5.10 Å². The fourth-order valence-electron chi connectivity index (χ4n) is 4.88. The van der Waals surface area contributed by atoms with Gasteiger partial charge in [0.25, 0.3) is 5.56 Å². The fourth-order valence-corrected chi connectivity index (χ4v) is 5.80. The van der Waals surface area contributed by atoms with Gasteiger partial charge in [0, 0.05) is 28.9 Å². The second kappa shape index (κ2) is 9.63. The highest BCUT2D eigenvalue weighted by molar-refractivity contribution is 7.15. The summed E-state index contributed by atoms with van der Waals surface area (Å²) in [6, 6.07) is 15.2. The summed E-state index contributed by atoms with van der Waals surface area (Å²) in [5.74, 6) is 0.853. The zero-order valence-electron chi connectivity index (χ0n) is 22.0. The lowest BCUT2D eigenvalue weighted by molar-refractivity contribution is 0.232. The van der Waals surface area contributed by atoms with Gasteiger partial charge in [-0.25, -0.2) is 19.6 Å². The summed E-state index contributed by atoms with van der Waals surface area (Å²) >= 11 is 1.54. The van der Waals surface area contributed by atoms with Gasteiger partial charge in [-0.3, -0.25) is 9.20 Å². The second-order valence-electron chi connectivity index (χ2n) is 9.67. The van der Waals surface area contributed by atoms with E-state index in [1.165, 1.54) is 17.7 Å². The predicted octanol–water partition coefficient (Wildman–Crippen LogP) is 5.52. The van der Waals surface area contributed by atoms with E-state index < -0.39 is 0 Å². The number of aromatic nitrogens is 6. The Hall–Kier alpha value is -4.57. The van der Waals surface area contributed by atoms with Crippen LogP contribution in [0.25, 0.3) is 38.2 Å². The number of benzene rings is 1. The molecule has 0 aliphatic heterocycles.